The lowest BCUT2D eigenvalue weighted by molar-refractivity contribution is 0.490. The van der Waals surface area contributed by atoms with Gasteiger partial charge in [-0.2, -0.15) is 0 Å². The molecule has 0 unspecified atom stereocenters. The molecule has 7 heteroatoms. The van der Waals surface area contributed by atoms with Crippen LogP contribution in [0.25, 0.3) is 17.0 Å². The molecule has 3 heterocycles. The van der Waals surface area contributed by atoms with Crippen molar-refractivity contribution >= 4 is 39.8 Å². The maximum absolute atomic E-state index is 6.05. The predicted molar refractivity (Wildman–Crippen MR) is 122 cm³/mol. The number of aromatic nitrogens is 2. The van der Waals surface area contributed by atoms with E-state index in [1.54, 1.807) is 7.11 Å². The molecular weight excluding hydrogens is 400 g/mol. The van der Waals surface area contributed by atoms with E-state index in [9.17, 15) is 0 Å². The van der Waals surface area contributed by atoms with Gasteiger partial charge in [-0.1, -0.05) is 35.6 Å². The summed E-state index contributed by atoms with van der Waals surface area (Å²) in [7, 11) is 1.66. The molecule has 0 fully saturated rings. The van der Waals surface area contributed by atoms with Crippen LogP contribution in [0.2, 0.25) is 0 Å². The molecule has 0 radical (unpaired) electrons. The number of nitrogens with zero attached hydrogens (tertiary/aromatic N) is 3. The van der Waals surface area contributed by atoms with Crippen molar-refractivity contribution in [2.45, 2.75) is 18.2 Å². The van der Waals surface area contributed by atoms with Crippen molar-refractivity contribution in [3.05, 3.63) is 77.0 Å². The lowest BCUT2D eigenvalue weighted by Crippen LogP contribution is -1.98. The van der Waals surface area contributed by atoms with E-state index in [1.165, 1.54) is 23.4 Å². The van der Waals surface area contributed by atoms with E-state index >= 15 is 0 Å². The average Bonchev–Trinajstić information content (AvgIpc) is 2.95. The van der Waals surface area contributed by atoms with Gasteiger partial charge in [0.2, 0.25) is 0 Å². The topological polar surface area (TPSA) is 73.4 Å². The summed E-state index contributed by atoms with van der Waals surface area (Å²) >= 11 is 2.82. The number of thiazole rings is 1. The number of allylic oxidation sites excluding steroid dienone is 3. The molecule has 0 aliphatic carbocycles. The molecule has 4 rings (SSSR count). The van der Waals surface area contributed by atoms with E-state index in [1.807, 2.05) is 49.5 Å². The number of nitrogens with two attached hydrogens (primary N) is 1. The molecule has 1 aromatic carbocycles. The summed E-state index contributed by atoms with van der Waals surface area (Å²) < 4.78 is 5.10. The van der Waals surface area contributed by atoms with Crippen LogP contribution in [-0.2, 0) is 4.18 Å². The Kier molecular flexibility index (Phi) is 5.89. The molecule has 1 aliphatic rings. The van der Waals surface area contributed by atoms with Gasteiger partial charge in [0.1, 0.15) is 5.69 Å². The second-order valence-corrected chi connectivity index (χ2v) is 8.43. The zero-order valence-corrected chi connectivity index (χ0v) is 17.8. The molecule has 0 saturated heterocycles. The van der Waals surface area contributed by atoms with Crippen molar-refractivity contribution in [1.82, 2.24) is 9.97 Å². The van der Waals surface area contributed by atoms with Gasteiger partial charge in [0.25, 0.3) is 0 Å². The fourth-order valence-electron chi connectivity index (χ4n) is 3.08. The van der Waals surface area contributed by atoms with Gasteiger partial charge in [0, 0.05) is 35.3 Å². The van der Waals surface area contributed by atoms with Crippen molar-refractivity contribution in [2.24, 2.45) is 4.99 Å². The van der Waals surface area contributed by atoms with Gasteiger partial charge < -0.3 is 9.92 Å². The molecule has 0 atom stereocenters. The third kappa shape index (κ3) is 4.48. The van der Waals surface area contributed by atoms with Crippen molar-refractivity contribution in [1.29, 1.82) is 0 Å². The standard InChI is InChI=1S/C22H20N4OS2/c1-14-4-3-5-19(25-14)20-21(28-22(23)26-20)16-8-11-18(24-13-12-16)15-6-9-17(10-7-15)29-27-2/h3-10,12-13H,11H2,1-2H3,(H2,23,26). The number of nitrogen functional groups attached to an aromatic ring is 1. The first-order chi connectivity index (χ1) is 14.1. The number of benzene rings is 1. The molecule has 3 aromatic rings. The largest absolute Gasteiger partial charge is 0.375 e. The lowest BCUT2D eigenvalue weighted by atomic mass is 10.0. The van der Waals surface area contributed by atoms with Crippen LogP contribution in [-0.4, -0.2) is 22.8 Å². The van der Waals surface area contributed by atoms with Crippen LogP contribution >= 0.6 is 23.4 Å². The summed E-state index contributed by atoms with van der Waals surface area (Å²) in [5.41, 5.74) is 11.8. The predicted octanol–water partition coefficient (Wildman–Crippen LogP) is 5.54. The van der Waals surface area contributed by atoms with Crippen LogP contribution in [0, 0.1) is 6.92 Å². The molecule has 146 valence electrons. The van der Waals surface area contributed by atoms with Gasteiger partial charge in [0.05, 0.1) is 23.4 Å². The van der Waals surface area contributed by atoms with Crippen LogP contribution in [0.1, 0.15) is 22.6 Å². The number of hydrogen-bond acceptors (Lipinski definition) is 7. The quantitative estimate of drug-likeness (QED) is 0.549. The zero-order valence-electron chi connectivity index (χ0n) is 16.1. The number of pyridine rings is 1. The van der Waals surface area contributed by atoms with Gasteiger partial charge in [-0.05, 0) is 48.4 Å². The molecule has 5 nitrogen and oxygen atoms in total. The van der Waals surface area contributed by atoms with Crippen molar-refractivity contribution < 1.29 is 4.18 Å². The molecule has 2 aromatic heterocycles. The number of anilines is 1. The van der Waals surface area contributed by atoms with Crippen molar-refractivity contribution in [2.75, 3.05) is 12.8 Å². The smallest absolute Gasteiger partial charge is 0.181 e. The summed E-state index contributed by atoms with van der Waals surface area (Å²) in [5, 5.41) is 0.532. The molecule has 0 saturated carbocycles. The SMILES string of the molecule is COSc1ccc(C2=NC=CC(c3sc(N)nc3-c3cccc(C)n3)=CC2)cc1. The highest BCUT2D eigenvalue weighted by Gasteiger charge is 2.17. The van der Waals surface area contributed by atoms with Crippen LogP contribution in [0.4, 0.5) is 5.13 Å². The first-order valence-corrected chi connectivity index (χ1v) is 10.6. The van der Waals surface area contributed by atoms with Crippen LogP contribution in [0.15, 0.2) is 70.7 Å². The Bertz CT molecular complexity index is 1110. The fourth-order valence-corrected chi connectivity index (χ4v) is 4.38. The van der Waals surface area contributed by atoms with E-state index < -0.39 is 0 Å². The molecule has 1 aliphatic heterocycles. The van der Waals surface area contributed by atoms with Gasteiger partial charge in [-0.25, -0.2) is 4.98 Å². The zero-order chi connectivity index (χ0) is 20.2. The highest BCUT2D eigenvalue weighted by atomic mass is 32.2. The Morgan fingerprint density at radius 2 is 1.93 bits per heavy atom. The minimum absolute atomic E-state index is 0.532. The maximum atomic E-state index is 6.05. The van der Waals surface area contributed by atoms with Gasteiger partial charge in [0.15, 0.2) is 5.13 Å². The minimum atomic E-state index is 0.532. The van der Waals surface area contributed by atoms with Gasteiger partial charge in [-0.3, -0.25) is 9.98 Å². The number of rotatable bonds is 5. The molecular formula is C22H20N4OS2. The second kappa shape index (κ2) is 8.73. The van der Waals surface area contributed by atoms with E-state index in [2.05, 4.69) is 33.2 Å². The fraction of sp³-hybridized carbons (Fsp3) is 0.136. The molecule has 0 spiro atoms. The summed E-state index contributed by atoms with van der Waals surface area (Å²) in [6.45, 7) is 1.97. The minimum Gasteiger partial charge on any atom is -0.375 e. The highest BCUT2D eigenvalue weighted by molar-refractivity contribution is 7.94. The van der Waals surface area contributed by atoms with Crippen LogP contribution < -0.4 is 5.73 Å². The van der Waals surface area contributed by atoms with E-state index in [0.717, 1.165) is 50.1 Å². The van der Waals surface area contributed by atoms with E-state index in [-0.39, 0.29) is 0 Å². The summed E-state index contributed by atoms with van der Waals surface area (Å²) in [4.78, 5) is 15.9. The third-order valence-corrected chi connectivity index (χ3v) is 5.97. The Labute approximate surface area is 178 Å². The van der Waals surface area contributed by atoms with Crippen LogP contribution in [0.5, 0.6) is 0 Å². The Balaban J connectivity index is 1.62. The summed E-state index contributed by atoms with van der Waals surface area (Å²) in [5.74, 6) is 0. The molecule has 2 N–H and O–H groups in total. The first-order valence-electron chi connectivity index (χ1n) is 9.09. The number of hydrogen-bond donors (Lipinski definition) is 1. The van der Waals surface area contributed by atoms with E-state index in [0.29, 0.717) is 5.13 Å². The average molecular weight is 421 g/mol. The number of aliphatic imine (C=N–C) groups is 1. The third-order valence-electron chi connectivity index (χ3n) is 4.40. The maximum Gasteiger partial charge on any atom is 0.181 e. The Morgan fingerprint density at radius 3 is 2.69 bits per heavy atom. The summed E-state index contributed by atoms with van der Waals surface area (Å²) in [6.07, 6.45) is 6.74. The Hall–Kier alpha value is -2.74. The van der Waals surface area contributed by atoms with Crippen LogP contribution in [0.3, 0.4) is 0 Å². The molecule has 0 bridgehead atoms. The second-order valence-electron chi connectivity index (χ2n) is 6.42. The van der Waals surface area contributed by atoms with Crippen molar-refractivity contribution in [3.63, 3.8) is 0 Å². The molecule has 0 amide bonds. The number of aryl methyl sites for hydroxylation is 1. The highest BCUT2D eigenvalue weighted by Crippen LogP contribution is 2.35. The Morgan fingerprint density at radius 1 is 1.10 bits per heavy atom. The van der Waals surface area contributed by atoms with Gasteiger partial charge in [-0.15, -0.1) is 0 Å². The normalized spacial score (nSPS) is 13.7. The monoisotopic (exact) mass is 420 g/mol. The first kappa shape index (κ1) is 19.6. The van der Waals surface area contributed by atoms with E-state index in [4.69, 9.17) is 9.92 Å². The lowest BCUT2D eigenvalue weighted by Gasteiger charge is -2.05. The molecule has 29 heavy (non-hydrogen) atoms. The van der Waals surface area contributed by atoms with Crippen molar-refractivity contribution in [3.8, 4) is 11.4 Å². The summed E-state index contributed by atoms with van der Waals surface area (Å²) in [6, 6.07) is 14.1. The van der Waals surface area contributed by atoms with Gasteiger partial charge >= 0.3 is 0 Å².